The highest BCUT2D eigenvalue weighted by Crippen LogP contribution is 2.42. The van der Waals surface area contributed by atoms with Gasteiger partial charge in [-0.05, 0) is 19.4 Å². The molecule has 2 aromatic carbocycles. The second-order valence-corrected chi connectivity index (χ2v) is 8.41. The number of methoxy groups -OCH3 is 1. The molecule has 0 aliphatic carbocycles. The first-order valence-corrected chi connectivity index (χ1v) is 11.3. The van der Waals surface area contributed by atoms with Gasteiger partial charge in [0.1, 0.15) is 11.5 Å². The number of ketones is 1. The fraction of sp³-hybridized carbons (Fsp3) is 0.385. The van der Waals surface area contributed by atoms with E-state index in [2.05, 4.69) is 4.90 Å². The fourth-order valence-electron chi connectivity index (χ4n) is 4.48. The highest BCUT2D eigenvalue weighted by atomic mass is 16.5. The van der Waals surface area contributed by atoms with Gasteiger partial charge < -0.3 is 19.5 Å². The normalized spacial score (nSPS) is 20.9. The van der Waals surface area contributed by atoms with Crippen molar-refractivity contribution in [3.8, 4) is 5.75 Å². The van der Waals surface area contributed by atoms with Gasteiger partial charge in [-0.2, -0.15) is 0 Å². The highest BCUT2D eigenvalue weighted by Gasteiger charge is 2.46. The molecule has 174 valence electrons. The van der Waals surface area contributed by atoms with Crippen LogP contribution in [0.15, 0.2) is 54.1 Å². The number of benzene rings is 2. The predicted octanol–water partition coefficient (Wildman–Crippen LogP) is 3.15. The van der Waals surface area contributed by atoms with E-state index in [-0.39, 0.29) is 11.3 Å². The molecule has 2 saturated heterocycles. The summed E-state index contributed by atoms with van der Waals surface area (Å²) in [5.74, 6) is -0.866. The number of Topliss-reactive ketones (excluding diaryl/α,β-unsaturated/α-hetero) is 1. The molecule has 0 saturated carbocycles. The lowest BCUT2D eigenvalue weighted by atomic mass is 9.94. The Kier molecular flexibility index (Phi) is 7.11. The Morgan fingerprint density at radius 3 is 2.45 bits per heavy atom. The van der Waals surface area contributed by atoms with Crippen LogP contribution in [0.4, 0.5) is 0 Å². The summed E-state index contributed by atoms with van der Waals surface area (Å²) in [5, 5.41) is 11.2. The molecule has 2 fully saturated rings. The molecule has 1 amide bonds. The Hall–Kier alpha value is -3.16. The summed E-state index contributed by atoms with van der Waals surface area (Å²) in [6, 6.07) is 13.9. The second kappa shape index (κ2) is 10.2. The molecule has 7 nitrogen and oxygen atoms in total. The van der Waals surface area contributed by atoms with Gasteiger partial charge in [0.05, 0.1) is 31.9 Å². The Balaban J connectivity index is 1.70. The van der Waals surface area contributed by atoms with E-state index in [9.17, 15) is 14.7 Å². The SMILES string of the molecule is COc1ccccc1C1C(=C(O)c2ccc(C)cc2)C(=O)C(=O)N1CCCN1CCOCC1. The number of hydrogen-bond donors (Lipinski definition) is 1. The van der Waals surface area contributed by atoms with E-state index in [4.69, 9.17) is 9.47 Å². The molecule has 0 radical (unpaired) electrons. The molecule has 0 bridgehead atoms. The van der Waals surface area contributed by atoms with Gasteiger partial charge >= 0.3 is 0 Å². The van der Waals surface area contributed by atoms with Crippen molar-refractivity contribution in [3.05, 3.63) is 70.8 Å². The van der Waals surface area contributed by atoms with Crippen LogP contribution in [0.1, 0.15) is 29.2 Å². The molecule has 1 atom stereocenters. The first kappa shape index (κ1) is 23.0. The van der Waals surface area contributed by atoms with E-state index in [1.807, 2.05) is 37.3 Å². The highest BCUT2D eigenvalue weighted by molar-refractivity contribution is 6.46. The van der Waals surface area contributed by atoms with Crippen molar-refractivity contribution >= 4 is 17.4 Å². The van der Waals surface area contributed by atoms with Crippen LogP contribution in [0.25, 0.3) is 5.76 Å². The first-order valence-electron chi connectivity index (χ1n) is 11.3. The number of morpholine rings is 1. The number of aliphatic hydroxyl groups is 1. The van der Waals surface area contributed by atoms with Crippen LogP contribution in [-0.2, 0) is 14.3 Å². The van der Waals surface area contributed by atoms with Gasteiger partial charge in [0.15, 0.2) is 0 Å². The minimum atomic E-state index is -0.716. The number of hydrogen-bond acceptors (Lipinski definition) is 6. The monoisotopic (exact) mass is 450 g/mol. The lowest BCUT2D eigenvalue weighted by molar-refractivity contribution is -0.140. The van der Waals surface area contributed by atoms with Crippen molar-refractivity contribution in [2.45, 2.75) is 19.4 Å². The summed E-state index contributed by atoms with van der Waals surface area (Å²) in [6.45, 7) is 6.30. The molecule has 2 aliphatic rings. The van der Waals surface area contributed by atoms with Crippen molar-refractivity contribution in [2.75, 3.05) is 46.5 Å². The van der Waals surface area contributed by atoms with Gasteiger partial charge in [-0.15, -0.1) is 0 Å². The third-order valence-electron chi connectivity index (χ3n) is 6.28. The van der Waals surface area contributed by atoms with Crippen LogP contribution >= 0.6 is 0 Å². The molecule has 7 heteroatoms. The first-order chi connectivity index (χ1) is 16.0. The second-order valence-electron chi connectivity index (χ2n) is 8.41. The summed E-state index contributed by atoms with van der Waals surface area (Å²) < 4.78 is 11.0. The minimum Gasteiger partial charge on any atom is -0.507 e. The molecule has 33 heavy (non-hydrogen) atoms. The maximum Gasteiger partial charge on any atom is 0.295 e. The summed E-state index contributed by atoms with van der Waals surface area (Å²) in [4.78, 5) is 30.2. The largest absolute Gasteiger partial charge is 0.507 e. The number of ether oxygens (including phenoxy) is 2. The van der Waals surface area contributed by atoms with Crippen molar-refractivity contribution in [3.63, 3.8) is 0 Å². The molecule has 2 heterocycles. The number of likely N-dealkylation sites (tertiary alicyclic amines) is 1. The average Bonchev–Trinajstić information content (AvgIpc) is 3.09. The molecular weight excluding hydrogens is 420 g/mol. The third kappa shape index (κ3) is 4.79. The Morgan fingerprint density at radius 1 is 1.06 bits per heavy atom. The zero-order valence-corrected chi connectivity index (χ0v) is 19.1. The number of para-hydroxylation sites is 1. The summed E-state index contributed by atoms with van der Waals surface area (Å²) in [7, 11) is 1.56. The Labute approximate surface area is 194 Å². The number of rotatable bonds is 7. The van der Waals surface area contributed by atoms with E-state index < -0.39 is 17.7 Å². The molecule has 1 unspecified atom stereocenters. The van der Waals surface area contributed by atoms with Gasteiger partial charge in [0, 0.05) is 37.3 Å². The maximum atomic E-state index is 13.2. The lowest BCUT2D eigenvalue weighted by Gasteiger charge is -2.29. The van der Waals surface area contributed by atoms with E-state index in [1.54, 1.807) is 30.2 Å². The number of carbonyl (C=O) groups is 2. The molecule has 1 N–H and O–H groups in total. The lowest BCUT2D eigenvalue weighted by Crippen LogP contribution is -2.39. The molecule has 0 aromatic heterocycles. The van der Waals surface area contributed by atoms with E-state index in [0.717, 1.165) is 25.2 Å². The van der Waals surface area contributed by atoms with Crippen molar-refractivity contribution in [1.82, 2.24) is 9.80 Å². The molecule has 2 aliphatic heterocycles. The van der Waals surface area contributed by atoms with E-state index in [1.165, 1.54) is 0 Å². The van der Waals surface area contributed by atoms with Crippen molar-refractivity contribution < 1.29 is 24.2 Å². The number of amides is 1. The smallest absolute Gasteiger partial charge is 0.295 e. The Bertz CT molecular complexity index is 1040. The summed E-state index contributed by atoms with van der Waals surface area (Å²) in [6.07, 6.45) is 0.712. The van der Waals surface area contributed by atoms with Gasteiger partial charge in [-0.1, -0.05) is 48.0 Å². The van der Waals surface area contributed by atoms with Crippen LogP contribution in [0, 0.1) is 6.92 Å². The van der Waals surface area contributed by atoms with Crippen LogP contribution in [0.2, 0.25) is 0 Å². The molecular formula is C26H30N2O5. The van der Waals surface area contributed by atoms with Crippen molar-refractivity contribution in [2.24, 2.45) is 0 Å². The van der Waals surface area contributed by atoms with E-state index in [0.29, 0.717) is 43.1 Å². The van der Waals surface area contributed by atoms with Crippen LogP contribution < -0.4 is 4.74 Å². The third-order valence-corrected chi connectivity index (χ3v) is 6.28. The Morgan fingerprint density at radius 2 is 1.76 bits per heavy atom. The fourth-order valence-corrected chi connectivity index (χ4v) is 4.48. The zero-order valence-electron chi connectivity index (χ0n) is 19.1. The van der Waals surface area contributed by atoms with Crippen LogP contribution in [-0.4, -0.2) is 73.1 Å². The quantitative estimate of drug-likeness (QED) is 0.397. The van der Waals surface area contributed by atoms with Gasteiger partial charge in [0.2, 0.25) is 0 Å². The van der Waals surface area contributed by atoms with E-state index >= 15 is 0 Å². The number of nitrogens with zero attached hydrogens (tertiary/aromatic N) is 2. The van der Waals surface area contributed by atoms with Crippen molar-refractivity contribution in [1.29, 1.82) is 0 Å². The van der Waals surface area contributed by atoms with Gasteiger partial charge in [-0.25, -0.2) is 0 Å². The summed E-state index contributed by atoms with van der Waals surface area (Å²) in [5.41, 5.74) is 2.32. The standard InChI is InChI=1S/C26H30N2O5/c1-18-8-10-19(11-9-18)24(29)22-23(20-6-3-4-7-21(20)32-2)28(26(31)25(22)30)13-5-12-27-14-16-33-17-15-27/h3-4,6-11,23,29H,5,12-17H2,1-2H3. The molecule has 4 rings (SSSR count). The molecule has 0 spiro atoms. The number of aryl methyl sites for hydroxylation is 1. The van der Waals surface area contributed by atoms with Gasteiger partial charge in [0.25, 0.3) is 11.7 Å². The van der Waals surface area contributed by atoms with Gasteiger partial charge in [-0.3, -0.25) is 14.5 Å². The summed E-state index contributed by atoms with van der Waals surface area (Å²) >= 11 is 0. The number of aliphatic hydroxyl groups excluding tert-OH is 1. The number of carbonyl (C=O) groups excluding carboxylic acids is 2. The minimum absolute atomic E-state index is 0.0970. The predicted molar refractivity (Wildman–Crippen MR) is 125 cm³/mol. The van der Waals surface area contributed by atoms with Crippen LogP contribution in [0.3, 0.4) is 0 Å². The van der Waals surface area contributed by atoms with Crippen LogP contribution in [0.5, 0.6) is 5.75 Å². The maximum absolute atomic E-state index is 13.2. The topological polar surface area (TPSA) is 79.3 Å². The average molecular weight is 451 g/mol. The zero-order chi connectivity index (χ0) is 23.4. The molecule has 2 aromatic rings.